The third kappa shape index (κ3) is 2.78. The van der Waals surface area contributed by atoms with Crippen molar-refractivity contribution in [1.29, 1.82) is 0 Å². The van der Waals surface area contributed by atoms with Gasteiger partial charge in [-0.1, -0.05) is 12.1 Å². The highest BCUT2D eigenvalue weighted by atomic mass is 19.2. The molecular formula is C20H18F3NO2. The highest BCUT2D eigenvalue weighted by Crippen LogP contribution is 2.46. The van der Waals surface area contributed by atoms with Gasteiger partial charge >= 0.3 is 0 Å². The van der Waals surface area contributed by atoms with E-state index in [0.29, 0.717) is 18.4 Å². The number of nitrogens with zero attached hydrogens (tertiary/aromatic N) is 1. The number of halogens is 3. The number of rotatable bonds is 2. The van der Waals surface area contributed by atoms with E-state index < -0.39 is 17.2 Å². The summed E-state index contributed by atoms with van der Waals surface area (Å²) in [4.78, 5) is 14.5. The Morgan fingerprint density at radius 1 is 0.962 bits per heavy atom. The quantitative estimate of drug-likeness (QED) is 0.885. The summed E-state index contributed by atoms with van der Waals surface area (Å²) in [6.45, 7) is 0. The Morgan fingerprint density at radius 3 is 2.15 bits per heavy atom. The van der Waals surface area contributed by atoms with Crippen LogP contribution in [0, 0.1) is 17.5 Å². The summed E-state index contributed by atoms with van der Waals surface area (Å²) >= 11 is 0. The van der Waals surface area contributed by atoms with Crippen LogP contribution in [0.1, 0.15) is 41.6 Å². The van der Waals surface area contributed by atoms with Crippen LogP contribution in [-0.2, 0) is 5.60 Å². The zero-order valence-electron chi connectivity index (χ0n) is 14.0. The van der Waals surface area contributed by atoms with Crippen LogP contribution in [0.25, 0.3) is 0 Å². The molecule has 2 heterocycles. The van der Waals surface area contributed by atoms with Crippen molar-refractivity contribution in [2.75, 3.05) is 0 Å². The molecule has 0 saturated carbocycles. The average molecular weight is 361 g/mol. The van der Waals surface area contributed by atoms with Gasteiger partial charge in [0, 0.05) is 30.5 Å². The Kier molecular flexibility index (Phi) is 4.03. The second-order valence-electron chi connectivity index (χ2n) is 7.17. The Balaban J connectivity index is 1.59. The van der Waals surface area contributed by atoms with Gasteiger partial charge in [-0.2, -0.15) is 0 Å². The summed E-state index contributed by atoms with van der Waals surface area (Å²) in [6, 6.07) is 8.53. The molecule has 0 aliphatic carbocycles. The first-order valence-corrected chi connectivity index (χ1v) is 8.63. The first-order chi connectivity index (χ1) is 12.4. The number of carbonyl (C=O) groups is 1. The fourth-order valence-corrected chi connectivity index (χ4v) is 4.33. The van der Waals surface area contributed by atoms with Crippen molar-refractivity contribution in [3.05, 3.63) is 71.0 Å². The van der Waals surface area contributed by atoms with Gasteiger partial charge < -0.3 is 10.0 Å². The molecule has 26 heavy (non-hydrogen) atoms. The van der Waals surface area contributed by atoms with Crippen molar-refractivity contribution in [2.45, 2.75) is 43.4 Å². The fourth-order valence-electron chi connectivity index (χ4n) is 4.33. The van der Waals surface area contributed by atoms with Crippen molar-refractivity contribution in [1.82, 2.24) is 4.90 Å². The van der Waals surface area contributed by atoms with E-state index in [0.717, 1.165) is 25.0 Å². The molecule has 1 amide bonds. The van der Waals surface area contributed by atoms with Gasteiger partial charge in [0.15, 0.2) is 11.6 Å². The molecule has 2 fully saturated rings. The lowest BCUT2D eigenvalue weighted by Crippen LogP contribution is -2.52. The van der Waals surface area contributed by atoms with Crippen LogP contribution in [0.4, 0.5) is 13.2 Å². The van der Waals surface area contributed by atoms with Crippen molar-refractivity contribution in [3.8, 4) is 0 Å². The summed E-state index contributed by atoms with van der Waals surface area (Å²) in [7, 11) is 0. The standard InChI is InChI=1S/C20H18F3NO2/c21-14-4-2-13(3-5-14)20(26)10-15-6-7-16(11-20)24(15)19(25)12-1-8-17(22)18(23)9-12/h1-5,8-9,15-16,26H,6-7,10-11H2. The number of carbonyl (C=O) groups excluding carboxylic acids is 1. The van der Waals surface area contributed by atoms with Gasteiger partial charge in [-0.15, -0.1) is 0 Å². The van der Waals surface area contributed by atoms with E-state index in [2.05, 4.69) is 0 Å². The van der Waals surface area contributed by atoms with E-state index in [1.165, 1.54) is 18.2 Å². The van der Waals surface area contributed by atoms with Crippen molar-refractivity contribution >= 4 is 5.91 Å². The van der Waals surface area contributed by atoms with Gasteiger partial charge in [0.05, 0.1) is 5.60 Å². The summed E-state index contributed by atoms with van der Waals surface area (Å²) in [5.41, 5.74) is -0.381. The molecule has 2 atom stereocenters. The van der Waals surface area contributed by atoms with Crippen LogP contribution in [0.3, 0.4) is 0 Å². The minimum absolute atomic E-state index is 0.105. The molecule has 136 valence electrons. The molecule has 1 N–H and O–H groups in total. The normalized spacial score (nSPS) is 27.6. The van der Waals surface area contributed by atoms with Crippen LogP contribution < -0.4 is 0 Å². The van der Waals surface area contributed by atoms with Crippen molar-refractivity contribution in [3.63, 3.8) is 0 Å². The van der Waals surface area contributed by atoms with Crippen LogP contribution in [0.2, 0.25) is 0 Å². The third-order valence-electron chi connectivity index (χ3n) is 5.55. The maximum Gasteiger partial charge on any atom is 0.254 e. The molecule has 2 bridgehead atoms. The molecule has 3 nitrogen and oxygen atoms in total. The molecule has 4 rings (SSSR count). The summed E-state index contributed by atoms with van der Waals surface area (Å²) in [6.07, 6.45) is 2.16. The highest BCUT2D eigenvalue weighted by Gasteiger charge is 2.50. The monoisotopic (exact) mass is 361 g/mol. The van der Waals surface area contributed by atoms with E-state index in [9.17, 15) is 23.1 Å². The summed E-state index contributed by atoms with van der Waals surface area (Å²) < 4.78 is 39.8. The molecule has 2 saturated heterocycles. The van der Waals surface area contributed by atoms with E-state index in [1.54, 1.807) is 17.0 Å². The first kappa shape index (κ1) is 17.1. The predicted molar refractivity (Wildman–Crippen MR) is 88.9 cm³/mol. The first-order valence-electron chi connectivity index (χ1n) is 8.63. The lowest BCUT2D eigenvalue weighted by molar-refractivity contribution is -0.0479. The molecule has 0 aromatic heterocycles. The number of amides is 1. The van der Waals surface area contributed by atoms with Crippen molar-refractivity contribution < 1.29 is 23.1 Å². The van der Waals surface area contributed by atoms with Crippen LogP contribution >= 0.6 is 0 Å². The van der Waals surface area contributed by atoms with Gasteiger partial charge in [-0.25, -0.2) is 13.2 Å². The Morgan fingerprint density at radius 2 is 1.58 bits per heavy atom. The van der Waals surface area contributed by atoms with Crippen LogP contribution in [-0.4, -0.2) is 28.0 Å². The van der Waals surface area contributed by atoms with E-state index >= 15 is 0 Å². The highest BCUT2D eigenvalue weighted by molar-refractivity contribution is 5.95. The zero-order chi connectivity index (χ0) is 18.5. The molecule has 2 aromatic carbocycles. The number of aliphatic hydroxyl groups is 1. The maximum atomic E-state index is 13.5. The number of hydrogen-bond acceptors (Lipinski definition) is 2. The molecule has 2 aliphatic heterocycles. The molecule has 2 aliphatic rings. The molecule has 6 heteroatoms. The average Bonchev–Trinajstić information content (AvgIpc) is 2.89. The summed E-state index contributed by atoms with van der Waals surface area (Å²) in [5, 5.41) is 11.1. The minimum atomic E-state index is -1.12. The Labute approximate surface area is 149 Å². The maximum absolute atomic E-state index is 13.5. The Bertz CT molecular complexity index is 839. The molecule has 0 spiro atoms. The smallest absolute Gasteiger partial charge is 0.254 e. The Hall–Kier alpha value is -2.34. The van der Waals surface area contributed by atoms with E-state index in [4.69, 9.17) is 0 Å². The SMILES string of the molecule is O=C(c1ccc(F)c(F)c1)N1C2CCC1CC(O)(c1ccc(F)cc1)C2. The number of hydrogen-bond donors (Lipinski definition) is 1. The van der Waals surface area contributed by atoms with Crippen molar-refractivity contribution in [2.24, 2.45) is 0 Å². The second-order valence-corrected chi connectivity index (χ2v) is 7.17. The van der Waals surface area contributed by atoms with Gasteiger partial charge in [0.1, 0.15) is 5.82 Å². The van der Waals surface area contributed by atoms with Gasteiger partial charge in [-0.3, -0.25) is 4.79 Å². The second kappa shape index (κ2) is 6.13. The fraction of sp³-hybridized carbons (Fsp3) is 0.350. The molecular weight excluding hydrogens is 343 g/mol. The summed E-state index contributed by atoms with van der Waals surface area (Å²) in [5.74, 6) is -2.76. The van der Waals surface area contributed by atoms with Gasteiger partial charge in [0.2, 0.25) is 0 Å². The number of fused-ring (bicyclic) bond motifs is 2. The molecule has 2 unspecified atom stereocenters. The number of piperidine rings is 1. The van der Waals surface area contributed by atoms with Gasteiger partial charge in [0.25, 0.3) is 5.91 Å². The number of benzene rings is 2. The minimum Gasteiger partial charge on any atom is -0.385 e. The predicted octanol–water partition coefficient (Wildman–Crippen LogP) is 3.76. The van der Waals surface area contributed by atoms with Crippen LogP contribution in [0.5, 0.6) is 0 Å². The molecule has 0 radical (unpaired) electrons. The lowest BCUT2D eigenvalue weighted by Gasteiger charge is -2.44. The third-order valence-corrected chi connectivity index (χ3v) is 5.55. The van der Waals surface area contributed by atoms with Crippen LogP contribution in [0.15, 0.2) is 42.5 Å². The van der Waals surface area contributed by atoms with E-state index in [1.807, 2.05) is 0 Å². The lowest BCUT2D eigenvalue weighted by atomic mass is 9.80. The largest absolute Gasteiger partial charge is 0.385 e. The van der Waals surface area contributed by atoms with Gasteiger partial charge in [-0.05, 0) is 48.7 Å². The topological polar surface area (TPSA) is 40.5 Å². The molecule has 2 aromatic rings. The zero-order valence-corrected chi connectivity index (χ0v) is 14.0. The van der Waals surface area contributed by atoms with E-state index in [-0.39, 0.29) is 29.4 Å².